The molecule has 20 heavy (non-hydrogen) atoms. The monoisotopic (exact) mass is 277 g/mol. The number of hydrogen-bond donors (Lipinski definition) is 2. The zero-order chi connectivity index (χ0) is 15.1. The summed E-state index contributed by atoms with van der Waals surface area (Å²) in [5.41, 5.74) is 2.09. The van der Waals surface area contributed by atoms with Crippen molar-refractivity contribution in [1.82, 2.24) is 5.32 Å². The summed E-state index contributed by atoms with van der Waals surface area (Å²) in [5, 5.41) is 11.6. The second kappa shape index (κ2) is 7.45. The van der Waals surface area contributed by atoms with Crippen LogP contribution in [0.3, 0.4) is 0 Å². The van der Waals surface area contributed by atoms with Gasteiger partial charge in [0.1, 0.15) is 0 Å². The average Bonchev–Trinajstić information content (AvgIpc) is 2.36. The number of aryl methyl sites for hydroxylation is 1. The smallest absolute Gasteiger partial charge is 0.335 e. The number of carboxylic acid groups (broad SMARTS) is 1. The van der Waals surface area contributed by atoms with E-state index in [1.54, 1.807) is 13.0 Å². The Kier molecular flexibility index (Phi) is 5.93. The highest BCUT2D eigenvalue weighted by atomic mass is 16.5. The minimum Gasteiger partial charge on any atom is -0.478 e. The molecule has 0 bridgehead atoms. The van der Waals surface area contributed by atoms with Crippen molar-refractivity contribution in [1.29, 1.82) is 0 Å². The van der Waals surface area contributed by atoms with Gasteiger partial charge in [0.25, 0.3) is 5.91 Å². The molecule has 2 N–H and O–H groups in total. The zero-order valence-corrected chi connectivity index (χ0v) is 11.7. The van der Waals surface area contributed by atoms with Gasteiger partial charge in [0, 0.05) is 12.1 Å². The minimum atomic E-state index is -1.05. The van der Waals surface area contributed by atoms with Crippen molar-refractivity contribution in [2.24, 2.45) is 0 Å². The fourth-order valence-electron chi connectivity index (χ4n) is 1.62. The van der Waals surface area contributed by atoms with E-state index < -0.39 is 5.97 Å². The van der Waals surface area contributed by atoms with Crippen LogP contribution in [0.15, 0.2) is 30.4 Å². The number of carbonyl (C=O) groups excluding carboxylic acids is 1. The normalized spacial score (nSPS) is 10.1. The van der Waals surface area contributed by atoms with Gasteiger partial charge in [-0.15, -0.1) is 0 Å². The third kappa shape index (κ3) is 5.24. The van der Waals surface area contributed by atoms with E-state index in [1.807, 2.05) is 6.92 Å². The molecule has 0 aliphatic carbocycles. The van der Waals surface area contributed by atoms with Crippen molar-refractivity contribution in [2.75, 3.05) is 19.8 Å². The lowest BCUT2D eigenvalue weighted by atomic mass is 10.1. The van der Waals surface area contributed by atoms with E-state index in [9.17, 15) is 9.59 Å². The van der Waals surface area contributed by atoms with Gasteiger partial charge >= 0.3 is 5.97 Å². The molecule has 5 nitrogen and oxygen atoms in total. The van der Waals surface area contributed by atoms with E-state index in [4.69, 9.17) is 9.84 Å². The van der Waals surface area contributed by atoms with Crippen LogP contribution in [0.4, 0.5) is 0 Å². The Bertz CT molecular complexity index is 523. The molecule has 0 heterocycles. The maximum absolute atomic E-state index is 11.9. The molecule has 0 radical (unpaired) electrons. The van der Waals surface area contributed by atoms with E-state index in [0.717, 1.165) is 11.1 Å². The first-order chi connectivity index (χ1) is 9.40. The van der Waals surface area contributed by atoms with Crippen molar-refractivity contribution in [3.05, 3.63) is 47.0 Å². The minimum absolute atomic E-state index is 0.105. The quantitative estimate of drug-likeness (QED) is 0.590. The lowest BCUT2D eigenvalue weighted by Crippen LogP contribution is -2.27. The average molecular weight is 277 g/mol. The molecule has 0 aromatic heterocycles. The number of benzene rings is 1. The predicted octanol–water partition coefficient (Wildman–Crippen LogP) is 2.02. The highest BCUT2D eigenvalue weighted by Crippen LogP contribution is 2.09. The number of ether oxygens (including phenoxy) is 1. The summed E-state index contributed by atoms with van der Waals surface area (Å²) in [6.07, 6.45) is 0. The van der Waals surface area contributed by atoms with Gasteiger partial charge in [-0.2, -0.15) is 0 Å². The van der Waals surface area contributed by atoms with Crippen molar-refractivity contribution in [3.8, 4) is 0 Å². The number of carbonyl (C=O) groups is 2. The van der Waals surface area contributed by atoms with Gasteiger partial charge in [0.2, 0.25) is 0 Å². The van der Waals surface area contributed by atoms with E-state index in [0.29, 0.717) is 25.3 Å². The predicted molar refractivity (Wildman–Crippen MR) is 76.1 cm³/mol. The van der Waals surface area contributed by atoms with Crippen LogP contribution in [0.2, 0.25) is 0 Å². The Hall–Kier alpha value is -2.14. The molecule has 0 unspecified atom stereocenters. The maximum atomic E-state index is 11.9. The molecule has 0 aliphatic rings. The van der Waals surface area contributed by atoms with Crippen LogP contribution in [-0.4, -0.2) is 36.7 Å². The van der Waals surface area contributed by atoms with Gasteiger partial charge in [-0.05, 0) is 37.6 Å². The summed E-state index contributed by atoms with van der Waals surface area (Å²) in [7, 11) is 0. The Morgan fingerprint density at radius 3 is 2.55 bits per heavy atom. The van der Waals surface area contributed by atoms with Crippen molar-refractivity contribution in [3.63, 3.8) is 0 Å². The van der Waals surface area contributed by atoms with Crippen LogP contribution in [0.25, 0.3) is 0 Å². The van der Waals surface area contributed by atoms with Gasteiger partial charge in [-0.25, -0.2) is 4.79 Å². The van der Waals surface area contributed by atoms with Gasteiger partial charge in [-0.3, -0.25) is 4.79 Å². The molecule has 1 aromatic carbocycles. The number of aromatic carboxylic acids is 1. The number of amides is 1. The third-order valence-corrected chi connectivity index (χ3v) is 2.47. The van der Waals surface area contributed by atoms with Gasteiger partial charge < -0.3 is 15.2 Å². The summed E-state index contributed by atoms with van der Waals surface area (Å²) < 4.78 is 5.26. The molecule has 108 valence electrons. The van der Waals surface area contributed by atoms with Crippen LogP contribution in [0.5, 0.6) is 0 Å². The first kappa shape index (κ1) is 15.9. The van der Waals surface area contributed by atoms with Crippen molar-refractivity contribution < 1.29 is 19.4 Å². The summed E-state index contributed by atoms with van der Waals surface area (Å²) in [6.45, 7) is 8.52. The molecule has 1 amide bonds. The molecule has 0 saturated carbocycles. The number of hydrogen-bond acceptors (Lipinski definition) is 3. The van der Waals surface area contributed by atoms with E-state index in [-0.39, 0.29) is 11.5 Å². The molecule has 0 atom stereocenters. The maximum Gasteiger partial charge on any atom is 0.335 e. The Balaban J connectivity index is 2.55. The van der Waals surface area contributed by atoms with Gasteiger partial charge in [0.15, 0.2) is 0 Å². The summed E-state index contributed by atoms with van der Waals surface area (Å²) in [6, 6.07) is 4.53. The summed E-state index contributed by atoms with van der Waals surface area (Å²) in [5.74, 6) is -1.36. The lowest BCUT2D eigenvalue weighted by molar-refractivity contribution is 0.0696. The summed E-state index contributed by atoms with van der Waals surface area (Å²) in [4.78, 5) is 22.8. The highest BCUT2D eigenvalue weighted by Gasteiger charge is 2.10. The number of nitrogens with one attached hydrogen (secondary N) is 1. The molecular formula is C15H19NO4. The Morgan fingerprint density at radius 2 is 1.95 bits per heavy atom. The molecule has 0 spiro atoms. The van der Waals surface area contributed by atoms with E-state index in [2.05, 4.69) is 11.9 Å². The molecule has 1 aromatic rings. The van der Waals surface area contributed by atoms with E-state index >= 15 is 0 Å². The topological polar surface area (TPSA) is 75.6 Å². The van der Waals surface area contributed by atoms with Crippen LogP contribution >= 0.6 is 0 Å². The first-order valence-corrected chi connectivity index (χ1v) is 6.25. The number of carboxylic acids is 1. The molecular weight excluding hydrogens is 258 g/mol. The van der Waals surface area contributed by atoms with Crippen LogP contribution in [0, 0.1) is 6.92 Å². The zero-order valence-electron chi connectivity index (χ0n) is 11.7. The van der Waals surface area contributed by atoms with Crippen molar-refractivity contribution >= 4 is 11.9 Å². The lowest BCUT2D eigenvalue weighted by Gasteiger charge is -2.08. The summed E-state index contributed by atoms with van der Waals surface area (Å²) >= 11 is 0. The van der Waals surface area contributed by atoms with E-state index in [1.165, 1.54) is 12.1 Å². The molecule has 0 saturated heterocycles. The Labute approximate surface area is 118 Å². The molecule has 0 fully saturated rings. The SMILES string of the molecule is C=C(C)COCCNC(=O)c1cc(C)cc(C(=O)O)c1. The third-order valence-electron chi connectivity index (χ3n) is 2.47. The van der Waals surface area contributed by atoms with Crippen molar-refractivity contribution in [2.45, 2.75) is 13.8 Å². The van der Waals surface area contributed by atoms with Gasteiger partial charge in [-0.1, -0.05) is 12.2 Å². The largest absolute Gasteiger partial charge is 0.478 e. The highest BCUT2D eigenvalue weighted by molar-refractivity contribution is 5.97. The van der Waals surface area contributed by atoms with Crippen LogP contribution in [0.1, 0.15) is 33.2 Å². The fourth-order valence-corrected chi connectivity index (χ4v) is 1.62. The second-order valence-electron chi connectivity index (χ2n) is 4.66. The second-order valence-corrected chi connectivity index (χ2v) is 4.66. The Morgan fingerprint density at radius 1 is 1.30 bits per heavy atom. The molecule has 0 aliphatic heterocycles. The first-order valence-electron chi connectivity index (χ1n) is 6.25. The fraction of sp³-hybridized carbons (Fsp3) is 0.333. The van der Waals surface area contributed by atoms with Crippen LogP contribution < -0.4 is 5.32 Å². The molecule has 5 heteroatoms. The standard InChI is InChI=1S/C15H19NO4/c1-10(2)9-20-5-4-16-14(17)12-6-11(3)7-13(8-12)15(18)19/h6-8H,1,4-5,9H2,2-3H3,(H,16,17)(H,18,19). The van der Waals surface area contributed by atoms with Gasteiger partial charge in [0.05, 0.1) is 18.8 Å². The molecule has 1 rings (SSSR count). The number of rotatable bonds is 7. The van der Waals surface area contributed by atoms with Crippen LogP contribution in [-0.2, 0) is 4.74 Å².